The van der Waals surface area contributed by atoms with Crippen LogP contribution in [0.25, 0.3) is 0 Å². The maximum atomic E-state index is 8.42. The van der Waals surface area contributed by atoms with E-state index in [4.69, 9.17) is 14.4 Å². The minimum absolute atomic E-state index is 0.446. The number of aliphatic imine (C=N–C) groups is 1. The molecule has 0 unspecified atom stereocenters. The molecule has 0 fully saturated rings. The molecule has 1 aromatic heterocycles. The quantitative estimate of drug-likeness (QED) is 0.252. The molecule has 0 saturated heterocycles. The molecule has 1 rings (SSSR count). The Hall–Kier alpha value is -2.07. The maximum Gasteiger partial charge on any atom is 0.204 e. The smallest absolute Gasteiger partial charge is 0.204 e. The van der Waals surface area contributed by atoms with Gasteiger partial charge in [0.25, 0.3) is 0 Å². The third kappa shape index (κ3) is 4.84. The molecule has 0 aliphatic carbocycles. The second kappa shape index (κ2) is 8.08. The van der Waals surface area contributed by atoms with E-state index in [9.17, 15) is 0 Å². The fourth-order valence-electron chi connectivity index (χ4n) is 1.23. The van der Waals surface area contributed by atoms with Crippen molar-refractivity contribution in [1.82, 2.24) is 15.6 Å². The van der Waals surface area contributed by atoms with Gasteiger partial charge in [0, 0.05) is 20.2 Å². The highest BCUT2D eigenvalue weighted by Gasteiger charge is 2.02. The molecule has 7 nitrogen and oxygen atoms in total. The van der Waals surface area contributed by atoms with E-state index in [-0.39, 0.29) is 0 Å². The maximum absolute atomic E-state index is 8.42. The average Bonchev–Trinajstić information content (AvgIpc) is 2.78. The first-order chi connectivity index (χ1) is 8.77. The van der Waals surface area contributed by atoms with E-state index in [0.717, 1.165) is 17.9 Å². The first kappa shape index (κ1) is 14.0. The van der Waals surface area contributed by atoms with E-state index in [1.165, 1.54) is 6.39 Å². The molecule has 0 aromatic carbocycles. The number of nitrogens with one attached hydrogen (secondary N) is 2. The van der Waals surface area contributed by atoms with Crippen molar-refractivity contribution < 1.29 is 9.15 Å². The number of aromatic nitrogens is 1. The average molecular weight is 251 g/mol. The molecular formula is C11H17N5O2. The van der Waals surface area contributed by atoms with Crippen molar-refractivity contribution in [1.29, 1.82) is 5.26 Å². The summed E-state index contributed by atoms with van der Waals surface area (Å²) in [7, 11) is 1.70. The van der Waals surface area contributed by atoms with Gasteiger partial charge in [0.15, 0.2) is 12.6 Å². The van der Waals surface area contributed by atoms with Crippen LogP contribution in [0.5, 0.6) is 0 Å². The van der Waals surface area contributed by atoms with Gasteiger partial charge in [-0.1, -0.05) is 0 Å². The molecule has 98 valence electrons. The van der Waals surface area contributed by atoms with Crippen LogP contribution in [0.15, 0.2) is 15.8 Å². The van der Waals surface area contributed by atoms with Crippen molar-refractivity contribution in [3.8, 4) is 6.19 Å². The first-order valence-electron chi connectivity index (χ1n) is 5.62. The minimum atomic E-state index is 0.446. The van der Waals surface area contributed by atoms with Gasteiger partial charge >= 0.3 is 0 Å². The molecule has 0 bridgehead atoms. The lowest BCUT2D eigenvalue weighted by Crippen LogP contribution is -2.31. The Morgan fingerprint density at radius 3 is 3.11 bits per heavy atom. The molecule has 0 saturated carbocycles. The Labute approximate surface area is 106 Å². The van der Waals surface area contributed by atoms with E-state index in [2.05, 4.69) is 20.6 Å². The Morgan fingerprint density at radius 2 is 2.50 bits per heavy atom. The van der Waals surface area contributed by atoms with Crippen LogP contribution in [0.2, 0.25) is 0 Å². The van der Waals surface area contributed by atoms with Gasteiger partial charge in [0.05, 0.1) is 6.61 Å². The lowest BCUT2D eigenvalue weighted by molar-refractivity contribution is 0.117. The van der Waals surface area contributed by atoms with Crippen molar-refractivity contribution in [2.45, 2.75) is 20.0 Å². The number of guanidine groups is 1. The molecule has 0 aliphatic heterocycles. The summed E-state index contributed by atoms with van der Waals surface area (Å²) < 4.78 is 10.5. The number of hydrogen-bond donors (Lipinski definition) is 2. The van der Waals surface area contributed by atoms with E-state index in [0.29, 0.717) is 25.7 Å². The van der Waals surface area contributed by atoms with Crippen LogP contribution in [-0.4, -0.2) is 31.1 Å². The summed E-state index contributed by atoms with van der Waals surface area (Å²) in [5, 5.41) is 13.6. The third-order valence-corrected chi connectivity index (χ3v) is 2.21. The monoisotopic (exact) mass is 251 g/mol. The van der Waals surface area contributed by atoms with E-state index >= 15 is 0 Å². The molecule has 1 heterocycles. The largest absolute Gasteiger partial charge is 0.448 e. The van der Waals surface area contributed by atoms with Crippen molar-refractivity contribution in [3.63, 3.8) is 0 Å². The predicted octanol–water partition coefficient (Wildman–Crippen LogP) is 0.536. The topological polar surface area (TPSA) is 95.5 Å². The lowest BCUT2D eigenvalue weighted by Gasteiger charge is -2.03. The number of oxazole rings is 1. The molecule has 0 spiro atoms. The van der Waals surface area contributed by atoms with Crippen LogP contribution in [0, 0.1) is 18.4 Å². The van der Waals surface area contributed by atoms with Crippen LogP contribution in [0.4, 0.5) is 0 Å². The molecule has 0 radical (unpaired) electrons. The van der Waals surface area contributed by atoms with Crippen LogP contribution in [0.1, 0.15) is 17.9 Å². The number of hydrogen-bond acceptors (Lipinski definition) is 5. The number of nitriles is 1. The Morgan fingerprint density at radius 1 is 1.67 bits per heavy atom. The molecule has 2 N–H and O–H groups in total. The number of aryl methyl sites for hydroxylation is 1. The van der Waals surface area contributed by atoms with Crippen molar-refractivity contribution >= 4 is 5.96 Å². The summed E-state index contributed by atoms with van der Waals surface area (Å²) in [6.45, 7) is 3.46. The standard InChI is InChI=1S/C11H17N5O2/c1-9-10(16-8-18-9)6-17-5-3-4-14-11(13-2)15-7-12/h8H,3-6H2,1-2H3,(H2,13,14,15). The highest BCUT2D eigenvalue weighted by molar-refractivity contribution is 5.80. The zero-order valence-corrected chi connectivity index (χ0v) is 10.6. The molecule has 7 heteroatoms. The summed E-state index contributed by atoms with van der Waals surface area (Å²) in [5.41, 5.74) is 0.820. The summed E-state index contributed by atoms with van der Waals surface area (Å²) in [4.78, 5) is 8.17. The van der Waals surface area contributed by atoms with Gasteiger partial charge in [-0.25, -0.2) is 4.98 Å². The van der Waals surface area contributed by atoms with Gasteiger partial charge in [-0.3, -0.25) is 10.3 Å². The van der Waals surface area contributed by atoms with Crippen LogP contribution < -0.4 is 10.6 Å². The first-order valence-corrected chi connectivity index (χ1v) is 5.62. The lowest BCUT2D eigenvalue weighted by atomic mass is 10.4. The second-order valence-corrected chi connectivity index (χ2v) is 3.48. The van der Waals surface area contributed by atoms with Gasteiger partial charge in [-0.2, -0.15) is 5.26 Å². The Kier molecular flexibility index (Phi) is 6.28. The zero-order valence-electron chi connectivity index (χ0n) is 10.6. The zero-order chi connectivity index (χ0) is 13.2. The number of nitrogens with zero attached hydrogens (tertiary/aromatic N) is 3. The summed E-state index contributed by atoms with van der Waals surface area (Å²) in [5.74, 6) is 1.24. The van der Waals surface area contributed by atoms with Gasteiger partial charge in [0.1, 0.15) is 11.5 Å². The highest BCUT2D eigenvalue weighted by atomic mass is 16.5. The third-order valence-electron chi connectivity index (χ3n) is 2.21. The minimum Gasteiger partial charge on any atom is -0.448 e. The van der Waals surface area contributed by atoms with Crippen molar-refractivity contribution in [2.24, 2.45) is 4.99 Å². The van der Waals surface area contributed by atoms with Crippen LogP contribution >= 0.6 is 0 Å². The fourth-order valence-corrected chi connectivity index (χ4v) is 1.23. The van der Waals surface area contributed by atoms with E-state index < -0.39 is 0 Å². The summed E-state index contributed by atoms with van der Waals surface area (Å²) in [6, 6.07) is 0. The van der Waals surface area contributed by atoms with Gasteiger partial charge in [-0.15, -0.1) is 0 Å². The van der Waals surface area contributed by atoms with Gasteiger partial charge < -0.3 is 14.5 Å². The fraction of sp³-hybridized carbons (Fsp3) is 0.545. The normalized spacial score (nSPS) is 11.1. The number of ether oxygens (including phenoxy) is 1. The van der Waals surface area contributed by atoms with Gasteiger partial charge in [-0.05, 0) is 13.3 Å². The molecule has 0 atom stereocenters. The summed E-state index contributed by atoms with van der Waals surface area (Å²) >= 11 is 0. The van der Waals surface area contributed by atoms with E-state index in [1.807, 2.05) is 6.92 Å². The van der Waals surface area contributed by atoms with E-state index in [1.54, 1.807) is 13.2 Å². The van der Waals surface area contributed by atoms with Crippen molar-refractivity contribution in [2.75, 3.05) is 20.2 Å². The van der Waals surface area contributed by atoms with Crippen LogP contribution in [0.3, 0.4) is 0 Å². The molecule has 18 heavy (non-hydrogen) atoms. The second-order valence-electron chi connectivity index (χ2n) is 3.48. The summed E-state index contributed by atoms with van der Waals surface area (Å²) in [6.07, 6.45) is 3.98. The highest BCUT2D eigenvalue weighted by Crippen LogP contribution is 2.05. The Balaban J connectivity index is 2.12. The molecule has 0 aliphatic rings. The van der Waals surface area contributed by atoms with Crippen molar-refractivity contribution in [3.05, 3.63) is 17.8 Å². The molecule has 0 amide bonds. The number of rotatable bonds is 6. The van der Waals surface area contributed by atoms with Crippen LogP contribution in [-0.2, 0) is 11.3 Å². The molecule has 1 aromatic rings. The molecular weight excluding hydrogens is 234 g/mol. The SMILES string of the molecule is CN/C(=N/CCCOCc1ncoc1C)NC#N. The predicted molar refractivity (Wildman–Crippen MR) is 65.6 cm³/mol. The van der Waals surface area contributed by atoms with Gasteiger partial charge in [0.2, 0.25) is 5.96 Å². The Bertz CT molecular complexity index is 421.